The van der Waals surface area contributed by atoms with E-state index < -0.39 is 17.9 Å². The van der Waals surface area contributed by atoms with Crippen LogP contribution in [0.3, 0.4) is 0 Å². The second-order valence-electron chi connectivity index (χ2n) is 12.6. The van der Waals surface area contributed by atoms with Gasteiger partial charge in [0, 0.05) is 77.7 Å². The Hall–Kier alpha value is -2.94. The average molecular weight is 670 g/mol. The van der Waals surface area contributed by atoms with Crippen LogP contribution in [-0.4, -0.2) is 160 Å². The highest BCUT2D eigenvalue weighted by molar-refractivity contribution is 6.03. The third-order valence-corrected chi connectivity index (χ3v) is 8.49. The smallest absolute Gasteiger partial charge is 0.317 e. The lowest BCUT2D eigenvalue weighted by molar-refractivity contribution is -0.140. The predicted octanol–water partition coefficient (Wildman–Crippen LogP) is 1.96. The first-order valence-electron chi connectivity index (χ1n) is 17.3. The van der Waals surface area contributed by atoms with Crippen LogP contribution in [0.2, 0.25) is 0 Å². The minimum atomic E-state index is -1.02. The molecule has 2 rings (SSSR count). The van der Waals surface area contributed by atoms with E-state index in [1.165, 1.54) is 17.7 Å². The second-order valence-corrected chi connectivity index (χ2v) is 12.6. The molecule has 0 saturated carbocycles. The van der Waals surface area contributed by atoms with Crippen LogP contribution in [0.1, 0.15) is 85.0 Å². The van der Waals surface area contributed by atoms with Crippen molar-refractivity contribution >= 4 is 35.5 Å². The fourth-order valence-corrected chi connectivity index (χ4v) is 5.58. The Bertz CT molecular complexity index is 962. The van der Waals surface area contributed by atoms with Crippen molar-refractivity contribution in [3.8, 4) is 0 Å². The molecule has 0 radical (unpaired) electrons. The van der Waals surface area contributed by atoms with Gasteiger partial charge in [-0.05, 0) is 12.8 Å². The molecule has 270 valence electrons. The zero-order valence-corrected chi connectivity index (χ0v) is 28.9. The molecule has 2 aliphatic heterocycles. The van der Waals surface area contributed by atoms with E-state index in [1.807, 2.05) is 4.90 Å². The Morgan fingerprint density at radius 1 is 0.596 bits per heavy atom. The summed E-state index contributed by atoms with van der Waals surface area (Å²) in [5.41, 5.74) is 0. The van der Waals surface area contributed by atoms with E-state index in [1.54, 1.807) is 14.7 Å². The maximum atomic E-state index is 12.9. The molecule has 0 bridgehead atoms. The highest BCUT2D eigenvalue weighted by Crippen LogP contribution is 2.25. The lowest BCUT2D eigenvalue weighted by atomic mass is 9.99. The van der Waals surface area contributed by atoms with Crippen molar-refractivity contribution in [2.45, 2.75) is 85.0 Å². The molecule has 1 unspecified atom stereocenters. The lowest BCUT2D eigenvalue weighted by Gasteiger charge is -2.32. The Morgan fingerprint density at radius 3 is 1.40 bits per heavy atom. The molecule has 0 spiro atoms. The molecule has 2 aliphatic rings. The maximum absolute atomic E-state index is 12.9. The van der Waals surface area contributed by atoms with Gasteiger partial charge in [0.2, 0.25) is 11.8 Å². The maximum Gasteiger partial charge on any atom is 0.317 e. The number of carbonyl (C=O) groups excluding carboxylic acids is 3. The van der Waals surface area contributed by atoms with E-state index in [0.717, 1.165) is 25.7 Å². The van der Waals surface area contributed by atoms with Crippen LogP contribution in [0, 0.1) is 5.92 Å². The molecule has 47 heavy (non-hydrogen) atoms. The van der Waals surface area contributed by atoms with Gasteiger partial charge in [-0.2, -0.15) is 0 Å². The molecule has 1 atom stereocenters. The van der Waals surface area contributed by atoms with E-state index in [4.69, 9.17) is 0 Å². The first-order chi connectivity index (χ1) is 22.4. The zero-order valence-electron chi connectivity index (χ0n) is 28.9. The summed E-state index contributed by atoms with van der Waals surface area (Å²) < 4.78 is 0. The number of carboxylic acid groups (broad SMARTS) is 3. The van der Waals surface area contributed by atoms with Gasteiger partial charge >= 0.3 is 17.9 Å². The summed E-state index contributed by atoms with van der Waals surface area (Å²) >= 11 is 0. The van der Waals surface area contributed by atoms with Crippen molar-refractivity contribution in [2.75, 3.05) is 85.1 Å². The Labute approximate surface area is 280 Å². The van der Waals surface area contributed by atoms with Crippen molar-refractivity contribution in [2.24, 2.45) is 5.92 Å². The molecule has 0 aromatic rings. The van der Waals surface area contributed by atoms with Crippen LogP contribution < -0.4 is 0 Å². The van der Waals surface area contributed by atoms with Crippen LogP contribution in [0.15, 0.2) is 0 Å². The number of unbranched alkanes of at least 4 members (excludes halogenated alkanes) is 4. The summed E-state index contributed by atoms with van der Waals surface area (Å²) in [6, 6.07) is 0. The summed E-state index contributed by atoms with van der Waals surface area (Å²) in [5, 5.41) is 28.0. The predicted molar refractivity (Wildman–Crippen MR) is 177 cm³/mol. The van der Waals surface area contributed by atoms with Gasteiger partial charge in [0.05, 0.1) is 26.2 Å². The van der Waals surface area contributed by atoms with Gasteiger partial charge in [0.25, 0.3) is 0 Å². The molecule has 0 aromatic carbocycles. The van der Waals surface area contributed by atoms with E-state index in [9.17, 15) is 44.1 Å². The normalized spacial score (nSPS) is 19.5. The van der Waals surface area contributed by atoms with Crippen molar-refractivity contribution in [3.63, 3.8) is 0 Å². The first-order valence-corrected chi connectivity index (χ1v) is 17.3. The number of imide groups is 1. The molecular weight excluding hydrogens is 610 g/mol. The first kappa shape index (κ1) is 42.1. The highest BCUT2D eigenvalue weighted by atomic mass is 16.4. The van der Waals surface area contributed by atoms with Gasteiger partial charge in [0.15, 0.2) is 0 Å². The number of carbonyl (C=O) groups is 6. The molecule has 3 N–H and O–H groups in total. The van der Waals surface area contributed by atoms with E-state index in [2.05, 4.69) is 20.8 Å². The monoisotopic (exact) mass is 669 g/mol. The topological polar surface area (TPSA) is 179 Å². The van der Waals surface area contributed by atoms with Crippen molar-refractivity contribution in [3.05, 3.63) is 0 Å². The van der Waals surface area contributed by atoms with Crippen molar-refractivity contribution in [1.82, 2.24) is 24.5 Å². The summed E-state index contributed by atoms with van der Waals surface area (Å²) in [6.45, 7) is 8.65. The third kappa shape index (κ3) is 18.8. The summed E-state index contributed by atoms with van der Waals surface area (Å²) in [7, 11) is 0. The molecule has 2 saturated heterocycles. The van der Waals surface area contributed by atoms with Crippen LogP contribution in [-0.2, 0) is 28.8 Å². The standard InChI is InChI=1S/C29H49N5O9.C4H10/c1-2-3-4-5-7-23-18-25(36)34(29(23)43)9-6-8-24(35)19-30-10-12-31(20-26(37)38)14-16-33(22-28(41)42)17-15-32(13-11-30)21-27(39)40;1-3-4-2/h23H,2-22H2,1H3,(H,37,38)(H,39,40)(H,41,42);3-4H2,1-2H3. The number of hydrogen-bond acceptors (Lipinski definition) is 10. The Kier molecular flexibility index (Phi) is 21.7. The van der Waals surface area contributed by atoms with Gasteiger partial charge in [-0.25, -0.2) is 0 Å². The van der Waals surface area contributed by atoms with Crippen molar-refractivity contribution in [1.29, 1.82) is 0 Å². The Morgan fingerprint density at radius 2 is 1.02 bits per heavy atom. The van der Waals surface area contributed by atoms with E-state index in [0.29, 0.717) is 65.2 Å². The minimum Gasteiger partial charge on any atom is -0.480 e. The molecule has 0 aromatic heterocycles. The SMILES string of the molecule is CCCC.CCCCCCC1CC(=O)N(CCCC(=O)CN2CCN(CC(=O)O)CCN(CC(=O)O)CCN(CC(=O)O)CC2)C1=O. The molecule has 0 aliphatic carbocycles. The number of hydrogen-bond donors (Lipinski definition) is 3. The van der Waals surface area contributed by atoms with Crippen LogP contribution in [0.25, 0.3) is 0 Å². The van der Waals surface area contributed by atoms with Crippen molar-refractivity contribution < 1.29 is 44.1 Å². The fourth-order valence-electron chi connectivity index (χ4n) is 5.58. The quantitative estimate of drug-likeness (QED) is 0.143. The van der Waals surface area contributed by atoms with Gasteiger partial charge < -0.3 is 15.3 Å². The van der Waals surface area contributed by atoms with Gasteiger partial charge in [-0.1, -0.05) is 59.3 Å². The third-order valence-electron chi connectivity index (χ3n) is 8.49. The van der Waals surface area contributed by atoms with E-state index >= 15 is 0 Å². The van der Waals surface area contributed by atoms with E-state index in [-0.39, 0.29) is 69.1 Å². The second kappa shape index (κ2) is 24.2. The van der Waals surface area contributed by atoms with Gasteiger partial charge in [-0.3, -0.25) is 53.3 Å². The van der Waals surface area contributed by atoms with Gasteiger partial charge in [0.1, 0.15) is 5.78 Å². The minimum absolute atomic E-state index is 0.0783. The van der Waals surface area contributed by atoms with Gasteiger partial charge in [-0.15, -0.1) is 0 Å². The zero-order chi connectivity index (χ0) is 35.2. The number of carboxylic acids is 3. The molecule has 14 heteroatoms. The fraction of sp³-hybridized carbons (Fsp3) is 0.818. The number of ketones is 1. The molecule has 2 amide bonds. The number of aliphatic carboxylic acids is 3. The molecule has 2 fully saturated rings. The largest absolute Gasteiger partial charge is 0.480 e. The Balaban J connectivity index is 0.00000260. The van der Waals surface area contributed by atoms with Crippen LogP contribution in [0.5, 0.6) is 0 Å². The lowest BCUT2D eigenvalue weighted by Crippen LogP contribution is -2.49. The summed E-state index contributed by atoms with van der Waals surface area (Å²) in [6.07, 6.45) is 8.31. The number of amides is 2. The molecule has 14 nitrogen and oxygen atoms in total. The number of Topliss-reactive ketones (excluding diaryl/α,β-unsaturated/α-hetero) is 1. The molecular formula is C33H59N5O9. The highest BCUT2D eigenvalue weighted by Gasteiger charge is 2.37. The van der Waals surface area contributed by atoms with Crippen LogP contribution >= 0.6 is 0 Å². The summed E-state index contributed by atoms with van der Waals surface area (Å²) in [5.74, 6) is -3.71. The average Bonchev–Trinajstić information content (AvgIpc) is 3.27. The summed E-state index contributed by atoms with van der Waals surface area (Å²) in [4.78, 5) is 80.6. The number of nitrogens with zero attached hydrogens (tertiary/aromatic N) is 5. The molecule has 2 heterocycles. The number of likely N-dealkylation sites (tertiary alicyclic amines) is 1. The van der Waals surface area contributed by atoms with Crippen LogP contribution in [0.4, 0.5) is 0 Å². The number of rotatable bonds is 18.